The van der Waals surface area contributed by atoms with Gasteiger partial charge < -0.3 is 45.2 Å². The normalized spacial score (nSPS) is 22.9. The first-order valence-corrected chi connectivity index (χ1v) is 53.6. The van der Waals surface area contributed by atoms with Crippen LogP contribution in [0, 0.1) is 17.8 Å². The molecule has 0 saturated heterocycles. The van der Waals surface area contributed by atoms with Crippen molar-refractivity contribution in [3.63, 3.8) is 0 Å². The molecule has 0 amide bonds. The first-order chi connectivity index (χ1) is 64.4. The van der Waals surface area contributed by atoms with Crippen molar-refractivity contribution in [2.75, 3.05) is 0 Å². The number of para-hydroxylation sites is 2. The summed E-state index contributed by atoms with van der Waals surface area (Å²) in [5.74, 6) is 10.9. The Hall–Kier alpha value is -9.94. The third-order valence-electron chi connectivity index (χ3n) is 32.6. The Balaban J connectivity index is 0.000000105. The van der Waals surface area contributed by atoms with Crippen LogP contribution in [0.2, 0.25) is 0 Å². The molecule has 3 atom stereocenters. The third kappa shape index (κ3) is 15.0. The maximum absolute atomic E-state index is 6.84. The van der Waals surface area contributed by atoms with Gasteiger partial charge in [0.2, 0.25) is 0 Å². The van der Waals surface area contributed by atoms with Crippen LogP contribution in [-0.4, -0.2) is 6.10 Å². The Morgan fingerprint density at radius 1 is 0.289 bits per heavy atom. The molecular formula is C120H128O11P4. The quantitative estimate of drug-likeness (QED) is 0.0966. The minimum Gasteiger partial charge on any atom is -0.435 e. The standard InChI is InChI=1S/C35H33O3P.C31H41O3P.C27H27O3P.C27H27O2P/c1-33(2)22-35-23-34(3,4)27-16-11-19-30(32(27)35)38-39(37-29-18-10-15-26(33)31(29)35)36-28-17-9-8-14-25(28)21-20-24-12-6-5-7-13-24;1-19(2)21-15-14-20(3)16-26(21)34-35-32-24-12-8-10-22-27(24)31(17-29(22,4)5)18-30(6,7)23-11-9-13-25(33-35)28(23)31;1-25(2)16-27-17-26(3,4)20-13-9-15-22(24(20)27)30-31(28-18-10-6-5-7-11-18)29-21-14-8-12-19(25)23(21)27;1-25(2)16-27-17-26(3,4)20-13-9-15-22(24(20)27)29-30(18-10-6-5-7-11-18)28-21-14-8-12-19(25)23(21)27/h5-21H,22-23H2,1-4H3;8-13,19-21,26H,14-18H2,1-7H3;5-15H,16-17H2,1-4H3;5-15H,16-17H2,1-4H3/b21-20+;;;/t;20-,21+,26-,31?;;/m.1../s1. The molecular weight excluding hydrogens is 1740 g/mol. The molecule has 0 N–H and O–H groups in total. The van der Waals surface area contributed by atoms with Gasteiger partial charge in [-0.3, -0.25) is 4.52 Å². The van der Waals surface area contributed by atoms with Crippen molar-refractivity contribution in [1.82, 2.24) is 0 Å². The molecule has 4 aliphatic heterocycles. The van der Waals surface area contributed by atoms with Crippen LogP contribution in [-0.2, 0) is 69.5 Å². The van der Waals surface area contributed by atoms with Crippen molar-refractivity contribution in [2.24, 2.45) is 17.8 Å². The monoisotopic (exact) mass is 1870 g/mol. The fourth-order valence-corrected chi connectivity index (χ4v) is 32.9. The van der Waals surface area contributed by atoms with E-state index in [1.54, 1.807) is 0 Å². The molecule has 0 radical (unpaired) electrons. The van der Waals surface area contributed by atoms with E-state index >= 15 is 0 Å². The Morgan fingerprint density at radius 2 is 0.570 bits per heavy atom. The molecule has 0 bridgehead atoms. The van der Waals surface area contributed by atoms with E-state index in [1.165, 1.54) is 102 Å². The van der Waals surface area contributed by atoms with E-state index in [1.807, 2.05) is 72.8 Å². The molecule has 0 aromatic heterocycles. The molecule has 12 aromatic carbocycles. The molecule has 15 heteroatoms. The van der Waals surface area contributed by atoms with Crippen LogP contribution < -0.4 is 50.5 Å². The van der Waals surface area contributed by atoms with Gasteiger partial charge >= 0.3 is 34.2 Å². The summed E-state index contributed by atoms with van der Waals surface area (Å²) >= 11 is 0. The summed E-state index contributed by atoms with van der Waals surface area (Å²) in [6.45, 7) is 45.0. The van der Waals surface area contributed by atoms with Crippen LogP contribution in [0.5, 0.6) is 57.5 Å². The smallest absolute Gasteiger partial charge is 0.435 e. The predicted octanol–water partition coefficient (Wildman–Crippen LogP) is 32.5. The highest BCUT2D eigenvalue weighted by Gasteiger charge is 2.65. The lowest BCUT2D eigenvalue weighted by molar-refractivity contribution is 0.0392. The lowest BCUT2D eigenvalue weighted by Crippen LogP contribution is -2.34. The van der Waals surface area contributed by atoms with Gasteiger partial charge in [-0.2, -0.15) is 0 Å². The molecule has 13 aliphatic rings. The summed E-state index contributed by atoms with van der Waals surface area (Å²) in [5.41, 5.74) is 24.5. The molecule has 4 heterocycles. The summed E-state index contributed by atoms with van der Waals surface area (Å²) in [6.07, 6.45) is 16.5. The van der Waals surface area contributed by atoms with Crippen LogP contribution in [0.4, 0.5) is 0 Å². The first kappa shape index (κ1) is 90.2. The first-order valence-electron chi connectivity index (χ1n) is 49.1. The van der Waals surface area contributed by atoms with E-state index in [9.17, 15) is 0 Å². The van der Waals surface area contributed by atoms with Crippen molar-refractivity contribution in [3.8, 4) is 57.5 Å². The van der Waals surface area contributed by atoms with Gasteiger partial charge in [0.1, 0.15) is 57.5 Å². The van der Waals surface area contributed by atoms with Crippen molar-refractivity contribution < 1.29 is 49.8 Å². The van der Waals surface area contributed by atoms with Crippen molar-refractivity contribution in [3.05, 3.63) is 361 Å². The maximum atomic E-state index is 6.84. The average molecular weight is 1870 g/mol. The van der Waals surface area contributed by atoms with Gasteiger partial charge in [0.05, 0.1) is 11.4 Å². The molecule has 12 aromatic rings. The van der Waals surface area contributed by atoms with Crippen molar-refractivity contribution in [1.29, 1.82) is 0 Å². The van der Waals surface area contributed by atoms with Crippen molar-refractivity contribution >= 4 is 51.6 Å². The third-order valence-corrected chi connectivity index (χ3v) is 37.3. The van der Waals surface area contributed by atoms with Gasteiger partial charge in [-0.05, 0) is 254 Å². The van der Waals surface area contributed by atoms with Gasteiger partial charge in [-0.25, -0.2) is 0 Å². The van der Waals surface area contributed by atoms with E-state index < -0.39 is 34.2 Å². The van der Waals surface area contributed by atoms with Crippen molar-refractivity contribution in [2.45, 2.75) is 273 Å². The highest BCUT2D eigenvalue weighted by Crippen LogP contribution is 2.75. The average Bonchev–Trinajstić information content (AvgIpc) is 1.53. The van der Waals surface area contributed by atoms with Gasteiger partial charge in [0.25, 0.3) is 0 Å². The number of rotatable bonds is 10. The number of benzene rings is 12. The minimum atomic E-state index is -1.75. The predicted molar refractivity (Wildman–Crippen MR) is 550 cm³/mol. The van der Waals surface area contributed by atoms with Crippen LogP contribution in [0.15, 0.2) is 261 Å². The molecule has 9 aliphatic carbocycles. The lowest BCUT2D eigenvalue weighted by Gasteiger charge is -2.39. The molecule has 1 saturated carbocycles. The Morgan fingerprint density at radius 3 is 0.896 bits per heavy atom. The van der Waals surface area contributed by atoms with E-state index in [2.05, 4.69) is 332 Å². The fourth-order valence-electron chi connectivity index (χ4n) is 28.2. The molecule has 135 heavy (non-hydrogen) atoms. The summed E-state index contributed by atoms with van der Waals surface area (Å²) in [7, 11) is -6.20. The Labute approximate surface area is 805 Å². The van der Waals surface area contributed by atoms with Gasteiger partial charge in [-0.15, -0.1) is 0 Å². The molecule has 1 fully saturated rings. The van der Waals surface area contributed by atoms with E-state index in [0.717, 1.165) is 132 Å². The topological polar surface area (TPSA) is 102 Å². The second-order valence-electron chi connectivity index (χ2n) is 46.5. The number of hydrogen-bond acceptors (Lipinski definition) is 11. The van der Waals surface area contributed by atoms with Crippen LogP contribution in [0.3, 0.4) is 0 Å². The zero-order chi connectivity index (χ0) is 93.7. The van der Waals surface area contributed by atoms with E-state index in [4.69, 9.17) is 49.8 Å². The highest BCUT2D eigenvalue weighted by molar-refractivity contribution is 7.56. The molecule has 4 spiro atoms. The zero-order valence-electron chi connectivity index (χ0n) is 81.8. The summed E-state index contributed by atoms with van der Waals surface area (Å²) in [6, 6.07) is 91.1. The Bertz CT molecular complexity index is 6390. The summed E-state index contributed by atoms with van der Waals surface area (Å²) in [5, 5.41) is 1.10. The number of hydrogen-bond donors (Lipinski definition) is 0. The van der Waals surface area contributed by atoms with E-state index in [0.29, 0.717) is 17.8 Å². The summed E-state index contributed by atoms with van der Waals surface area (Å²) < 4.78 is 73.1. The van der Waals surface area contributed by atoms with Gasteiger partial charge in [0.15, 0.2) is 0 Å². The van der Waals surface area contributed by atoms with Crippen LogP contribution in [0.1, 0.15) is 302 Å². The lowest BCUT2D eigenvalue weighted by atomic mass is 9.72. The summed E-state index contributed by atoms with van der Waals surface area (Å²) in [4.78, 5) is 0. The van der Waals surface area contributed by atoms with Gasteiger partial charge in [0, 0.05) is 71.7 Å². The fraction of sp³-hybridized carbons (Fsp3) is 0.383. The van der Waals surface area contributed by atoms with E-state index in [-0.39, 0.29) is 71.1 Å². The maximum Gasteiger partial charge on any atom is 0.530 e. The molecule has 0 unspecified atom stereocenters. The second-order valence-corrected chi connectivity index (χ2v) is 50.9. The van der Waals surface area contributed by atoms with Gasteiger partial charge in [-0.1, -0.05) is 332 Å². The Kier molecular flexibility index (Phi) is 21.8. The second kappa shape index (κ2) is 32.6. The largest absolute Gasteiger partial charge is 0.530 e. The zero-order valence-corrected chi connectivity index (χ0v) is 85.4. The molecule has 694 valence electrons. The highest BCUT2D eigenvalue weighted by atomic mass is 31.2. The molecule has 25 rings (SSSR count). The minimum absolute atomic E-state index is 0.0300. The van der Waals surface area contributed by atoms with Crippen LogP contribution >= 0.6 is 34.2 Å². The SMILES string of the molecule is CC(C)[C@@H]1CC[C@@H](C)C[C@H]1OP1Oc2cccc3c2C2(CC3(C)C)CC(C)(C)c3cccc(c32)O1.CC1(C)CC23CC(C)(C)c4cccc(c42)OP(Oc2ccccc2)Oc2cccc1c23.CC1(C)CC23CC(C)(C)c4cccc(c42)OP(Oc2ccccc2/C=C/c2ccccc2)Oc2cccc1c23.CC1(C)CC23CC(C)(C)c4cccc(c42)OP(c2ccccc2)Oc2cccc1c23. The van der Waals surface area contributed by atoms with Crippen LogP contribution in [0.25, 0.3) is 12.2 Å². The molecule has 11 nitrogen and oxygen atoms in total.